The van der Waals surface area contributed by atoms with Crippen LogP contribution in [0.3, 0.4) is 0 Å². The summed E-state index contributed by atoms with van der Waals surface area (Å²) < 4.78 is 22.5. The van der Waals surface area contributed by atoms with E-state index in [0.717, 1.165) is 0 Å². The molecule has 0 aliphatic heterocycles. The molecule has 0 heterocycles. The van der Waals surface area contributed by atoms with Crippen LogP contribution in [0.1, 0.15) is 0 Å². The Kier molecular flexibility index (Phi) is 2.45. The summed E-state index contributed by atoms with van der Waals surface area (Å²) in [5.74, 6) is 0. The molecule has 1 unspecified atom stereocenters. The van der Waals surface area contributed by atoms with Gasteiger partial charge in [-0.2, -0.15) is 0 Å². The lowest BCUT2D eigenvalue weighted by Gasteiger charge is -2.09. The van der Waals surface area contributed by atoms with Gasteiger partial charge in [-0.25, -0.2) is 0 Å². The zero-order chi connectivity index (χ0) is 8.27. The average Bonchev–Trinajstić information content (AvgIpc) is 1.93. The van der Waals surface area contributed by atoms with E-state index >= 15 is 0 Å². The van der Waals surface area contributed by atoms with Gasteiger partial charge in [0.15, 0.2) is 0 Å². The van der Waals surface area contributed by atoms with E-state index < -0.39 is 11.3 Å². The number of nitrogens with one attached hydrogen (secondary N) is 1. The van der Waals surface area contributed by atoms with Gasteiger partial charge in [0.05, 0.1) is 11.4 Å². The van der Waals surface area contributed by atoms with Crippen molar-refractivity contribution >= 4 is 22.6 Å². The SMILES string of the molecule is Nc1ccccc1NS(=O)[O-]. The summed E-state index contributed by atoms with van der Waals surface area (Å²) in [7, 11) is 0. The lowest BCUT2D eigenvalue weighted by Crippen LogP contribution is -2.04. The van der Waals surface area contributed by atoms with Crippen LogP contribution in [0.15, 0.2) is 24.3 Å². The number of benzene rings is 1. The fourth-order valence-corrected chi connectivity index (χ4v) is 1.05. The van der Waals surface area contributed by atoms with Gasteiger partial charge in [0.2, 0.25) is 0 Å². The fraction of sp³-hybridized carbons (Fsp3) is 0. The van der Waals surface area contributed by atoms with E-state index in [9.17, 15) is 8.76 Å². The molecule has 4 nitrogen and oxygen atoms in total. The van der Waals surface area contributed by atoms with Crippen LogP contribution in [0.5, 0.6) is 0 Å². The monoisotopic (exact) mass is 171 g/mol. The van der Waals surface area contributed by atoms with E-state index in [-0.39, 0.29) is 0 Å². The second-order valence-corrected chi connectivity index (χ2v) is 2.60. The molecule has 60 valence electrons. The van der Waals surface area contributed by atoms with Gasteiger partial charge in [-0.1, -0.05) is 12.1 Å². The van der Waals surface area contributed by atoms with Crippen LogP contribution in [0.4, 0.5) is 11.4 Å². The van der Waals surface area contributed by atoms with Crippen molar-refractivity contribution in [2.45, 2.75) is 0 Å². The van der Waals surface area contributed by atoms with Crippen LogP contribution in [0, 0.1) is 0 Å². The summed E-state index contributed by atoms with van der Waals surface area (Å²) in [6.07, 6.45) is 0. The maximum Gasteiger partial charge on any atom is 0.0683 e. The Labute approximate surface area is 66.8 Å². The summed E-state index contributed by atoms with van der Waals surface area (Å²) in [6.45, 7) is 0. The van der Waals surface area contributed by atoms with Crippen molar-refractivity contribution in [2.75, 3.05) is 10.5 Å². The van der Waals surface area contributed by atoms with Crippen molar-refractivity contribution in [3.8, 4) is 0 Å². The predicted molar refractivity (Wildman–Crippen MR) is 43.4 cm³/mol. The Morgan fingerprint density at radius 1 is 1.45 bits per heavy atom. The molecular weight excluding hydrogens is 164 g/mol. The molecule has 0 saturated carbocycles. The van der Waals surface area contributed by atoms with E-state index in [1.807, 2.05) is 0 Å². The van der Waals surface area contributed by atoms with Gasteiger partial charge >= 0.3 is 0 Å². The number of rotatable bonds is 2. The Hall–Kier alpha value is -1.07. The molecule has 0 aromatic heterocycles. The summed E-state index contributed by atoms with van der Waals surface area (Å²) in [4.78, 5) is 0. The summed E-state index contributed by atoms with van der Waals surface area (Å²) in [6, 6.07) is 6.64. The van der Waals surface area contributed by atoms with Gasteiger partial charge in [0.25, 0.3) is 0 Å². The summed E-state index contributed by atoms with van der Waals surface area (Å²) in [5, 5.41) is 0. The molecule has 0 aliphatic carbocycles. The second-order valence-electron chi connectivity index (χ2n) is 1.92. The standard InChI is InChI=1S/C6H8N2O2S/c7-5-3-1-2-4-6(5)8-11(9)10/h1-4,8H,7H2,(H,9,10)/p-1. The third-order valence-corrected chi connectivity index (χ3v) is 1.54. The van der Waals surface area contributed by atoms with Crippen molar-refractivity contribution in [1.29, 1.82) is 0 Å². The quantitative estimate of drug-likeness (QED) is 0.501. The first-order valence-electron chi connectivity index (χ1n) is 2.90. The zero-order valence-corrected chi connectivity index (χ0v) is 6.43. The third-order valence-electron chi connectivity index (χ3n) is 1.15. The van der Waals surface area contributed by atoms with Crippen molar-refractivity contribution in [3.05, 3.63) is 24.3 Å². The average molecular weight is 171 g/mol. The van der Waals surface area contributed by atoms with E-state index in [0.29, 0.717) is 11.4 Å². The van der Waals surface area contributed by atoms with Crippen molar-refractivity contribution < 1.29 is 8.76 Å². The molecule has 5 heteroatoms. The van der Waals surface area contributed by atoms with Gasteiger partial charge in [0, 0.05) is 11.3 Å². The second kappa shape index (κ2) is 3.36. The van der Waals surface area contributed by atoms with E-state index in [1.165, 1.54) is 0 Å². The molecule has 0 amide bonds. The minimum Gasteiger partial charge on any atom is -0.755 e. The van der Waals surface area contributed by atoms with Gasteiger partial charge in [-0.05, 0) is 12.1 Å². The molecule has 3 N–H and O–H groups in total. The molecule has 1 aromatic carbocycles. The number of hydrogen-bond donors (Lipinski definition) is 2. The van der Waals surface area contributed by atoms with E-state index in [4.69, 9.17) is 5.73 Å². The van der Waals surface area contributed by atoms with Crippen LogP contribution in [-0.4, -0.2) is 8.76 Å². The first kappa shape index (κ1) is 8.03. The molecular formula is C6H7N2O2S-. The molecule has 0 aliphatic rings. The molecule has 1 atom stereocenters. The van der Waals surface area contributed by atoms with Crippen molar-refractivity contribution in [1.82, 2.24) is 0 Å². The molecule has 0 saturated heterocycles. The number of anilines is 2. The van der Waals surface area contributed by atoms with Crippen LogP contribution >= 0.6 is 0 Å². The molecule has 0 bridgehead atoms. The molecule has 0 spiro atoms. The smallest absolute Gasteiger partial charge is 0.0683 e. The number of para-hydroxylation sites is 2. The largest absolute Gasteiger partial charge is 0.755 e. The first-order valence-corrected chi connectivity index (χ1v) is 3.98. The molecule has 1 rings (SSSR count). The van der Waals surface area contributed by atoms with Gasteiger partial charge in [-0.15, -0.1) is 0 Å². The van der Waals surface area contributed by atoms with Crippen LogP contribution < -0.4 is 10.5 Å². The highest BCUT2D eigenvalue weighted by molar-refractivity contribution is 7.80. The Morgan fingerprint density at radius 3 is 2.64 bits per heavy atom. The zero-order valence-electron chi connectivity index (χ0n) is 5.61. The third kappa shape index (κ3) is 2.21. The number of nitrogen functional groups attached to an aromatic ring is 1. The normalized spacial score (nSPS) is 12.5. The first-order chi connectivity index (χ1) is 5.20. The molecule has 0 fully saturated rings. The predicted octanol–water partition coefficient (Wildman–Crippen LogP) is 0.475. The van der Waals surface area contributed by atoms with Crippen molar-refractivity contribution in [3.63, 3.8) is 0 Å². The summed E-state index contributed by atoms with van der Waals surface area (Å²) >= 11 is -2.31. The fourth-order valence-electron chi connectivity index (χ4n) is 0.680. The number of nitrogens with two attached hydrogens (primary N) is 1. The lowest BCUT2D eigenvalue weighted by molar-refractivity contribution is 0.542. The van der Waals surface area contributed by atoms with E-state index in [2.05, 4.69) is 4.72 Å². The topological polar surface area (TPSA) is 78.2 Å². The van der Waals surface area contributed by atoms with Gasteiger partial charge in [-0.3, -0.25) is 4.21 Å². The molecule has 0 radical (unpaired) electrons. The van der Waals surface area contributed by atoms with Gasteiger partial charge < -0.3 is 15.0 Å². The minimum atomic E-state index is -2.31. The molecule has 11 heavy (non-hydrogen) atoms. The Morgan fingerprint density at radius 2 is 2.09 bits per heavy atom. The maximum atomic E-state index is 10.2. The highest BCUT2D eigenvalue weighted by atomic mass is 32.2. The lowest BCUT2D eigenvalue weighted by atomic mass is 10.3. The van der Waals surface area contributed by atoms with E-state index in [1.54, 1.807) is 24.3 Å². The minimum absolute atomic E-state index is 0.404. The van der Waals surface area contributed by atoms with Gasteiger partial charge in [0.1, 0.15) is 0 Å². The van der Waals surface area contributed by atoms with Crippen LogP contribution in [-0.2, 0) is 11.3 Å². The van der Waals surface area contributed by atoms with Crippen molar-refractivity contribution in [2.24, 2.45) is 0 Å². The maximum absolute atomic E-state index is 10.2. The highest BCUT2D eigenvalue weighted by Gasteiger charge is 1.93. The molecule has 1 aromatic rings. The number of hydrogen-bond acceptors (Lipinski definition) is 3. The summed E-state index contributed by atoms with van der Waals surface area (Å²) in [5.41, 5.74) is 6.25. The van der Waals surface area contributed by atoms with Crippen LogP contribution in [0.2, 0.25) is 0 Å². The Bertz CT molecular complexity index is 277. The highest BCUT2D eigenvalue weighted by Crippen LogP contribution is 2.16. The Balaban J connectivity index is 2.86. The van der Waals surface area contributed by atoms with Crippen LogP contribution in [0.25, 0.3) is 0 Å².